The van der Waals surface area contributed by atoms with Gasteiger partial charge in [0.2, 0.25) is 5.91 Å². The van der Waals surface area contributed by atoms with E-state index < -0.39 is 5.41 Å². The zero-order valence-electron chi connectivity index (χ0n) is 13.4. The van der Waals surface area contributed by atoms with E-state index in [1.165, 1.54) is 0 Å². The smallest absolute Gasteiger partial charge is 0.226 e. The van der Waals surface area contributed by atoms with Crippen molar-refractivity contribution in [1.82, 2.24) is 10.6 Å². The molecule has 2 N–H and O–H groups in total. The van der Waals surface area contributed by atoms with Crippen molar-refractivity contribution in [2.45, 2.75) is 33.7 Å². The van der Waals surface area contributed by atoms with E-state index in [1.54, 1.807) is 7.05 Å². The lowest BCUT2D eigenvalue weighted by Gasteiger charge is -2.25. The first-order valence-corrected chi connectivity index (χ1v) is 7.30. The van der Waals surface area contributed by atoms with Crippen molar-refractivity contribution < 1.29 is 9.21 Å². The van der Waals surface area contributed by atoms with Gasteiger partial charge in [-0.3, -0.25) is 4.79 Å². The third-order valence-electron chi connectivity index (χ3n) is 3.97. The molecule has 0 saturated carbocycles. The largest absolute Gasteiger partial charge is 0.459 e. The number of hydrogen-bond acceptors (Lipinski definition) is 3. The molecule has 0 aliphatic carbocycles. The van der Waals surface area contributed by atoms with Gasteiger partial charge in [0.05, 0.1) is 11.5 Å². The second-order valence-electron chi connectivity index (χ2n) is 6.15. The summed E-state index contributed by atoms with van der Waals surface area (Å²) >= 11 is 0. The topological polar surface area (TPSA) is 54.3 Å². The van der Waals surface area contributed by atoms with Crippen LogP contribution < -0.4 is 10.6 Å². The van der Waals surface area contributed by atoms with Gasteiger partial charge in [-0.05, 0) is 39.3 Å². The molecule has 1 amide bonds. The van der Waals surface area contributed by atoms with Crippen LogP contribution in [0.2, 0.25) is 0 Å². The van der Waals surface area contributed by atoms with E-state index in [0.717, 1.165) is 22.3 Å². The second-order valence-corrected chi connectivity index (χ2v) is 6.15. The van der Waals surface area contributed by atoms with E-state index in [0.29, 0.717) is 6.54 Å². The fourth-order valence-corrected chi connectivity index (χ4v) is 2.53. The lowest BCUT2D eigenvalue weighted by Crippen LogP contribution is -2.42. The molecule has 1 unspecified atom stereocenters. The summed E-state index contributed by atoms with van der Waals surface area (Å²) in [6, 6.07) is 8.09. The van der Waals surface area contributed by atoms with Gasteiger partial charge in [0.1, 0.15) is 11.3 Å². The number of benzene rings is 1. The van der Waals surface area contributed by atoms with Gasteiger partial charge in [0, 0.05) is 19.0 Å². The van der Waals surface area contributed by atoms with Crippen LogP contribution in [0.25, 0.3) is 11.0 Å². The van der Waals surface area contributed by atoms with Crippen molar-refractivity contribution in [1.29, 1.82) is 0 Å². The predicted molar refractivity (Wildman–Crippen MR) is 85.2 cm³/mol. The molecule has 0 spiro atoms. The van der Waals surface area contributed by atoms with Crippen molar-refractivity contribution in [2.75, 3.05) is 13.6 Å². The minimum absolute atomic E-state index is 0.0310. The van der Waals surface area contributed by atoms with E-state index in [9.17, 15) is 4.79 Å². The number of hydrogen-bond donors (Lipinski definition) is 2. The highest BCUT2D eigenvalue weighted by atomic mass is 16.3. The molecule has 21 heavy (non-hydrogen) atoms. The Hall–Kier alpha value is -1.81. The second kappa shape index (κ2) is 5.90. The highest BCUT2D eigenvalue weighted by Gasteiger charge is 2.27. The zero-order chi connectivity index (χ0) is 15.6. The normalized spacial score (nSPS) is 13.4. The number of nitrogens with one attached hydrogen (secondary N) is 2. The number of aryl methyl sites for hydroxylation is 1. The van der Waals surface area contributed by atoms with E-state index >= 15 is 0 Å². The fourth-order valence-electron chi connectivity index (χ4n) is 2.53. The Morgan fingerprint density at radius 3 is 2.62 bits per heavy atom. The van der Waals surface area contributed by atoms with E-state index in [2.05, 4.69) is 30.5 Å². The highest BCUT2D eigenvalue weighted by Crippen LogP contribution is 2.29. The van der Waals surface area contributed by atoms with Crippen LogP contribution in [0, 0.1) is 12.3 Å². The lowest BCUT2D eigenvalue weighted by molar-refractivity contribution is -0.128. The highest BCUT2D eigenvalue weighted by molar-refractivity contribution is 5.82. The van der Waals surface area contributed by atoms with Crippen LogP contribution in [-0.2, 0) is 4.79 Å². The SMILES string of the molecule is CNC(=O)C(C)(C)CNC(C)c1oc2ccccc2c1C. The molecule has 0 aliphatic heterocycles. The van der Waals surface area contributed by atoms with Crippen molar-refractivity contribution in [3.8, 4) is 0 Å². The summed E-state index contributed by atoms with van der Waals surface area (Å²) in [6.45, 7) is 8.58. The van der Waals surface area contributed by atoms with Crippen molar-refractivity contribution in [3.63, 3.8) is 0 Å². The molecular formula is C17H24N2O2. The molecule has 0 fully saturated rings. The molecule has 2 rings (SSSR count). The Kier molecular flexibility index (Phi) is 4.37. The average molecular weight is 288 g/mol. The number of carbonyl (C=O) groups excluding carboxylic acids is 1. The number of fused-ring (bicyclic) bond motifs is 1. The van der Waals surface area contributed by atoms with Crippen LogP contribution in [-0.4, -0.2) is 19.5 Å². The first kappa shape index (κ1) is 15.6. The molecular weight excluding hydrogens is 264 g/mol. The van der Waals surface area contributed by atoms with Gasteiger partial charge < -0.3 is 15.1 Å². The maximum absolute atomic E-state index is 11.8. The number of amides is 1. The number of carbonyl (C=O) groups is 1. The Bertz CT molecular complexity index is 643. The monoisotopic (exact) mass is 288 g/mol. The van der Waals surface area contributed by atoms with Gasteiger partial charge in [-0.2, -0.15) is 0 Å². The number of para-hydroxylation sites is 1. The molecule has 1 atom stereocenters. The third-order valence-corrected chi connectivity index (χ3v) is 3.97. The first-order chi connectivity index (χ1) is 9.86. The molecule has 0 aliphatic rings. The molecule has 1 aromatic carbocycles. The van der Waals surface area contributed by atoms with Gasteiger partial charge >= 0.3 is 0 Å². The summed E-state index contributed by atoms with van der Waals surface area (Å²) in [5, 5.41) is 7.25. The van der Waals surface area contributed by atoms with Gasteiger partial charge in [-0.1, -0.05) is 18.2 Å². The Balaban J connectivity index is 2.14. The van der Waals surface area contributed by atoms with Crippen LogP contribution in [0.5, 0.6) is 0 Å². The molecule has 114 valence electrons. The van der Waals surface area contributed by atoms with Gasteiger partial charge in [-0.25, -0.2) is 0 Å². The molecule has 4 nitrogen and oxygen atoms in total. The molecule has 0 radical (unpaired) electrons. The van der Waals surface area contributed by atoms with Crippen molar-refractivity contribution >= 4 is 16.9 Å². The fraction of sp³-hybridized carbons (Fsp3) is 0.471. The summed E-state index contributed by atoms with van der Waals surface area (Å²) in [6.07, 6.45) is 0. The summed E-state index contributed by atoms with van der Waals surface area (Å²) in [5.41, 5.74) is 1.61. The molecule has 0 bridgehead atoms. The summed E-state index contributed by atoms with van der Waals surface area (Å²) < 4.78 is 5.95. The van der Waals surface area contributed by atoms with Crippen LogP contribution >= 0.6 is 0 Å². The van der Waals surface area contributed by atoms with Crippen LogP contribution in [0.15, 0.2) is 28.7 Å². The minimum Gasteiger partial charge on any atom is -0.459 e. The van der Waals surface area contributed by atoms with E-state index in [1.807, 2.05) is 32.0 Å². The molecule has 1 aromatic heterocycles. The molecule has 0 saturated heterocycles. The number of rotatable bonds is 5. The van der Waals surface area contributed by atoms with Crippen LogP contribution in [0.3, 0.4) is 0 Å². The van der Waals surface area contributed by atoms with E-state index in [4.69, 9.17) is 4.42 Å². The van der Waals surface area contributed by atoms with Crippen LogP contribution in [0.1, 0.15) is 38.1 Å². The van der Waals surface area contributed by atoms with Crippen molar-refractivity contribution in [3.05, 3.63) is 35.6 Å². The third kappa shape index (κ3) is 3.10. The Morgan fingerprint density at radius 1 is 1.33 bits per heavy atom. The minimum atomic E-state index is -0.455. The molecule has 2 aromatic rings. The van der Waals surface area contributed by atoms with Crippen LogP contribution in [0.4, 0.5) is 0 Å². The first-order valence-electron chi connectivity index (χ1n) is 7.30. The molecule has 4 heteroatoms. The van der Waals surface area contributed by atoms with Gasteiger partial charge in [-0.15, -0.1) is 0 Å². The predicted octanol–water partition coefficient (Wildman–Crippen LogP) is 3.16. The number of furan rings is 1. The Morgan fingerprint density at radius 2 is 2.00 bits per heavy atom. The summed E-state index contributed by atoms with van der Waals surface area (Å²) in [7, 11) is 1.66. The van der Waals surface area contributed by atoms with E-state index in [-0.39, 0.29) is 11.9 Å². The lowest BCUT2D eigenvalue weighted by atomic mass is 9.92. The Labute approximate surface area is 125 Å². The molecule has 1 heterocycles. The maximum atomic E-state index is 11.8. The summed E-state index contributed by atoms with van der Waals surface area (Å²) in [5.74, 6) is 0.965. The zero-order valence-corrected chi connectivity index (χ0v) is 13.4. The maximum Gasteiger partial charge on any atom is 0.226 e. The van der Waals surface area contributed by atoms with Gasteiger partial charge in [0.15, 0.2) is 0 Å². The van der Waals surface area contributed by atoms with Gasteiger partial charge in [0.25, 0.3) is 0 Å². The summed E-state index contributed by atoms with van der Waals surface area (Å²) in [4.78, 5) is 11.8. The van der Waals surface area contributed by atoms with Crippen molar-refractivity contribution in [2.24, 2.45) is 5.41 Å². The quantitative estimate of drug-likeness (QED) is 0.888. The average Bonchev–Trinajstić information content (AvgIpc) is 2.81. The standard InChI is InChI=1S/C17H24N2O2/c1-11-13-8-6-7-9-14(13)21-15(11)12(2)19-10-17(3,4)16(20)18-5/h6-9,12,19H,10H2,1-5H3,(H,18,20).